The maximum Gasteiger partial charge on any atom is 0.348 e. The Hall–Kier alpha value is -2.50. The zero-order valence-electron chi connectivity index (χ0n) is 17.7. The van der Waals surface area contributed by atoms with Gasteiger partial charge in [-0.1, -0.05) is 17.8 Å². The molecule has 11 heteroatoms. The lowest BCUT2D eigenvalue weighted by molar-refractivity contribution is 0.0531. The molecule has 8 nitrogen and oxygen atoms in total. The number of ether oxygens (including phenoxy) is 1. The second-order valence-electron chi connectivity index (χ2n) is 7.55. The van der Waals surface area contributed by atoms with E-state index < -0.39 is 5.97 Å². The summed E-state index contributed by atoms with van der Waals surface area (Å²) in [6.07, 6.45) is 2.23. The predicted molar refractivity (Wildman–Crippen MR) is 127 cm³/mol. The summed E-state index contributed by atoms with van der Waals surface area (Å²) in [5, 5.41) is 12.0. The minimum Gasteiger partial charge on any atom is -0.462 e. The Labute approximate surface area is 196 Å². The zero-order chi connectivity index (χ0) is 22.4. The van der Waals surface area contributed by atoms with Crippen molar-refractivity contribution in [2.24, 2.45) is 0 Å². The van der Waals surface area contributed by atoms with Gasteiger partial charge in [-0.05, 0) is 50.6 Å². The third kappa shape index (κ3) is 3.78. The van der Waals surface area contributed by atoms with Crippen LogP contribution in [0, 0.1) is 6.92 Å². The fourth-order valence-corrected chi connectivity index (χ4v) is 6.32. The second kappa shape index (κ2) is 8.45. The zero-order valence-corrected chi connectivity index (χ0v) is 20.2. The van der Waals surface area contributed by atoms with Crippen molar-refractivity contribution in [2.75, 3.05) is 6.61 Å². The molecule has 0 bridgehead atoms. The van der Waals surface area contributed by atoms with E-state index in [1.807, 2.05) is 18.4 Å². The molecule has 4 aromatic heterocycles. The van der Waals surface area contributed by atoms with E-state index in [-0.39, 0.29) is 17.4 Å². The number of aryl methyl sites for hydroxylation is 1. The van der Waals surface area contributed by atoms with Crippen LogP contribution in [0.2, 0.25) is 0 Å². The van der Waals surface area contributed by atoms with Crippen LogP contribution in [-0.2, 0) is 4.74 Å². The van der Waals surface area contributed by atoms with Gasteiger partial charge in [-0.25, -0.2) is 9.78 Å². The Morgan fingerprint density at radius 2 is 2.22 bits per heavy atom. The second-order valence-corrected chi connectivity index (χ2v) is 10.8. The molecule has 166 valence electrons. The van der Waals surface area contributed by atoms with Gasteiger partial charge in [-0.2, -0.15) is 0 Å². The van der Waals surface area contributed by atoms with Crippen LogP contribution in [0.15, 0.2) is 27.5 Å². The summed E-state index contributed by atoms with van der Waals surface area (Å²) < 4.78 is 7.33. The molecule has 4 aromatic rings. The van der Waals surface area contributed by atoms with Crippen LogP contribution in [-0.4, -0.2) is 37.3 Å². The lowest BCUT2D eigenvalue weighted by atomic mass is 10.2. The molecular weight excluding hydrogens is 466 g/mol. The molecule has 0 aromatic carbocycles. The van der Waals surface area contributed by atoms with Crippen LogP contribution in [0.5, 0.6) is 0 Å². The number of hydrogen-bond acceptors (Lipinski definition) is 9. The Balaban J connectivity index is 1.48. The molecule has 1 unspecified atom stereocenters. The van der Waals surface area contributed by atoms with Gasteiger partial charge >= 0.3 is 5.97 Å². The molecule has 1 atom stereocenters. The summed E-state index contributed by atoms with van der Waals surface area (Å²) in [5.74, 6) is 1.02. The van der Waals surface area contributed by atoms with Gasteiger partial charge in [0.15, 0.2) is 11.0 Å². The number of aromatic nitrogens is 5. The number of esters is 1. The standard InChI is InChI=1S/C21H21N5O3S3/c1-4-29-20(28)15-10(2)14-18(27)22-16(23-19(14)32-15)11(3)31-21-25-24-17(13-6-5-9-30-13)26(21)12-7-8-12/h5-6,9,11-12H,4,7-8H2,1-3H3,(H,22,23,27). The van der Waals surface area contributed by atoms with Crippen molar-refractivity contribution in [3.63, 3.8) is 0 Å². The van der Waals surface area contributed by atoms with E-state index >= 15 is 0 Å². The number of nitrogens with one attached hydrogen (secondary N) is 1. The van der Waals surface area contributed by atoms with E-state index in [0.717, 1.165) is 28.7 Å². The molecule has 1 aliphatic carbocycles. The van der Waals surface area contributed by atoms with E-state index in [9.17, 15) is 9.59 Å². The quantitative estimate of drug-likeness (QED) is 0.290. The van der Waals surface area contributed by atoms with Gasteiger partial charge in [-0.15, -0.1) is 32.9 Å². The Kier molecular flexibility index (Phi) is 5.64. The van der Waals surface area contributed by atoms with Crippen LogP contribution in [0.4, 0.5) is 0 Å². The Morgan fingerprint density at radius 1 is 1.41 bits per heavy atom. The van der Waals surface area contributed by atoms with Crippen LogP contribution < -0.4 is 5.56 Å². The first kappa shape index (κ1) is 21.4. The number of rotatable bonds is 7. The van der Waals surface area contributed by atoms with Crippen molar-refractivity contribution in [3.05, 3.63) is 44.1 Å². The number of H-pyrrole nitrogens is 1. The van der Waals surface area contributed by atoms with Crippen molar-refractivity contribution in [1.82, 2.24) is 24.7 Å². The average Bonchev–Trinajstić information content (AvgIpc) is 3.15. The maximum absolute atomic E-state index is 12.8. The van der Waals surface area contributed by atoms with Crippen molar-refractivity contribution in [1.29, 1.82) is 0 Å². The van der Waals surface area contributed by atoms with Crippen LogP contribution in [0.25, 0.3) is 20.9 Å². The summed E-state index contributed by atoms with van der Waals surface area (Å²) in [5.41, 5.74) is 0.364. The number of carbonyl (C=O) groups excluding carboxylic acids is 1. The molecular formula is C21H21N5O3S3. The van der Waals surface area contributed by atoms with Crippen LogP contribution in [0.3, 0.4) is 0 Å². The smallest absolute Gasteiger partial charge is 0.348 e. The highest BCUT2D eigenvalue weighted by atomic mass is 32.2. The molecule has 0 amide bonds. The van der Waals surface area contributed by atoms with E-state index in [4.69, 9.17) is 4.74 Å². The number of fused-ring (bicyclic) bond motifs is 1. The summed E-state index contributed by atoms with van der Waals surface area (Å²) in [6.45, 7) is 5.78. The highest BCUT2D eigenvalue weighted by molar-refractivity contribution is 7.99. The molecule has 1 saturated carbocycles. The summed E-state index contributed by atoms with van der Waals surface area (Å²) in [6, 6.07) is 4.48. The van der Waals surface area contributed by atoms with Gasteiger partial charge < -0.3 is 9.72 Å². The lowest BCUT2D eigenvalue weighted by Crippen LogP contribution is -2.13. The molecule has 1 N–H and O–H groups in total. The van der Waals surface area contributed by atoms with Crippen molar-refractivity contribution in [2.45, 2.75) is 50.1 Å². The monoisotopic (exact) mass is 487 g/mol. The first-order chi connectivity index (χ1) is 15.5. The van der Waals surface area contributed by atoms with Crippen LogP contribution in [0.1, 0.15) is 59.0 Å². The summed E-state index contributed by atoms with van der Waals surface area (Å²) in [7, 11) is 0. The van der Waals surface area contributed by atoms with Crippen LogP contribution >= 0.6 is 34.4 Å². The number of thiophene rings is 2. The fourth-order valence-electron chi connectivity index (χ4n) is 3.55. The molecule has 0 radical (unpaired) electrons. The minimum atomic E-state index is -0.421. The van der Waals surface area contributed by atoms with Gasteiger partial charge in [0.1, 0.15) is 15.5 Å². The average molecular weight is 488 g/mol. The molecule has 1 aliphatic rings. The highest BCUT2D eigenvalue weighted by Crippen LogP contribution is 2.44. The molecule has 0 aliphatic heterocycles. The van der Waals surface area contributed by atoms with Gasteiger partial charge in [0.05, 0.1) is 22.1 Å². The Bertz CT molecular complexity index is 1350. The third-order valence-electron chi connectivity index (χ3n) is 5.27. The number of carbonyl (C=O) groups is 1. The van der Waals surface area contributed by atoms with E-state index in [1.165, 1.54) is 23.1 Å². The molecule has 1 fully saturated rings. The topological polar surface area (TPSA) is 103 Å². The first-order valence-electron chi connectivity index (χ1n) is 10.3. The van der Waals surface area contributed by atoms with Gasteiger partial charge in [0, 0.05) is 6.04 Å². The molecule has 32 heavy (non-hydrogen) atoms. The first-order valence-corrected chi connectivity index (χ1v) is 12.9. The van der Waals surface area contributed by atoms with E-state index in [1.54, 1.807) is 25.2 Å². The van der Waals surface area contributed by atoms with E-state index in [0.29, 0.717) is 32.5 Å². The highest BCUT2D eigenvalue weighted by Gasteiger charge is 2.31. The number of nitrogens with zero attached hydrogens (tertiary/aromatic N) is 4. The molecule has 4 heterocycles. The van der Waals surface area contributed by atoms with Gasteiger partial charge in [0.2, 0.25) is 0 Å². The summed E-state index contributed by atoms with van der Waals surface area (Å²) >= 11 is 4.37. The van der Waals surface area contributed by atoms with E-state index in [2.05, 4.69) is 30.8 Å². The normalized spacial score (nSPS) is 14.7. The minimum absolute atomic E-state index is 0.154. The van der Waals surface area contributed by atoms with Crippen molar-refractivity contribution < 1.29 is 9.53 Å². The van der Waals surface area contributed by atoms with Gasteiger partial charge in [-0.3, -0.25) is 9.36 Å². The molecule has 0 saturated heterocycles. The molecule has 5 rings (SSSR count). The van der Waals surface area contributed by atoms with Crippen molar-refractivity contribution in [3.8, 4) is 10.7 Å². The summed E-state index contributed by atoms with van der Waals surface area (Å²) in [4.78, 5) is 34.7. The number of thioether (sulfide) groups is 1. The molecule has 0 spiro atoms. The largest absolute Gasteiger partial charge is 0.462 e. The third-order valence-corrected chi connectivity index (χ3v) is 8.36. The SMILES string of the molecule is CCOC(=O)c1sc2nc(C(C)Sc3nnc(-c4cccs4)n3C3CC3)[nH]c(=O)c2c1C. The Morgan fingerprint density at radius 3 is 2.91 bits per heavy atom. The maximum atomic E-state index is 12.8. The van der Waals surface area contributed by atoms with Gasteiger partial charge in [0.25, 0.3) is 5.56 Å². The fraction of sp³-hybridized carbons (Fsp3) is 0.381. The lowest BCUT2D eigenvalue weighted by Gasteiger charge is -2.12. The predicted octanol–water partition coefficient (Wildman–Crippen LogP) is 4.98. The number of hydrogen-bond donors (Lipinski definition) is 1. The number of aromatic amines is 1. The van der Waals surface area contributed by atoms with Crippen molar-refractivity contribution >= 4 is 50.6 Å².